The smallest absolute Gasteiger partial charge is 0.128 e. The van der Waals surface area contributed by atoms with Crippen molar-refractivity contribution in [3.8, 4) is 0 Å². The number of anilines is 1. The summed E-state index contributed by atoms with van der Waals surface area (Å²) >= 11 is 0. The highest BCUT2D eigenvalue weighted by atomic mass is 19.1. The Labute approximate surface area is 143 Å². The third-order valence-electron chi connectivity index (χ3n) is 5.34. The Morgan fingerprint density at radius 3 is 2.62 bits per heavy atom. The standard InChI is InChI=1S/C21H24FNO/c1-21(2,3)13-8-9-18-16(12-13)20-15(10-11-24-20)19(23-18)14-6-4-5-7-17(14)22/h4-9,12,15,19-20,23H,10-11H2,1-3H3. The maximum absolute atomic E-state index is 14.3. The van der Waals surface area contributed by atoms with E-state index in [-0.39, 0.29) is 29.3 Å². The molecule has 126 valence electrons. The SMILES string of the molecule is CC(C)(C)c1ccc2c(c1)C1OCCC1C(c1ccccc1F)N2. The molecule has 2 aromatic carbocycles. The zero-order chi connectivity index (χ0) is 16.9. The first-order valence-corrected chi connectivity index (χ1v) is 8.72. The van der Waals surface area contributed by atoms with Crippen molar-refractivity contribution >= 4 is 5.69 Å². The van der Waals surface area contributed by atoms with Gasteiger partial charge in [-0.25, -0.2) is 4.39 Å². The number of hydrogen-bond donors (Lipinski definition) is 1. The summed E-state index contributed by atoms with van der Waals surface area (Å²) in [5.41, 5.74) is 4.44. The highest BCUT2D eigenvalue weighted by Crippen LogP contribution is 2.50. The van der Waals surface area contributed by atoms with Crippen LogP contribution >= 0.6 is 0 Å². The van der Waals surface area contributed by atoms with Crippen LogP contribution in [0.2, 0.25) is 0 Å². The molecule has 3 unspecified atom stereocenters. The lowest BCUT2D eigenvalue weighted by Gasteiger charge is -2.37. The van der Waals surface area contributed by atoms with Gasteiger partial charge in [0.05, 0.1) is 12.1 Å². The average molecular weight is 325 g/mol. The topological polar surface area (TPSA) is 21.3 Å². The van der Waals surface area contributed by atoms with Crippen molar-refractivity contribution < 1.29 is 9.13 Å². The van der Waals surface area contributed by atoms with Crippen molar-refractivity contribution in [2.24, 2.45) is 5.92 Å². The van der Waals surface area contributed by atoms with Gasteiger partial charge in [0, 0.05) is 29.3 Å². The van der Waals surface area contributed by atoms with Crippen LogP contribution < -0.4 is 5.32 Å². The van der Waals surface area contributed by atoms with Gasteiger partial charge in [-0.3, -0.25) is 0 Å². The predicted molar refractivity (Wildman–Crippen MR) is 94.7 cm³/mol. The minimum Gasteiger partial charge on any atom is -0.377 e. The number of nitrogens with one attached hydrogen (secondary N) is 1. The molecule has 0 aromatic heterocycles. The fraction of sp³-hybridized carbons (Fsp3) is 0.429. The Bertz CT molecular complexity index is 765. The van der Waals surface area contributed by atoms with Crippen LogP contribution in [0, 0.1) is 11.7 Å². The molecule has 3 heteroatoms. The van der Waals surface area contributed by atoms with Crippen molar-refractivity contribution in [3.05, 3.63) is 65.0 Å². The molecule has 0 aliphatic carbocycles. The van der Waals surface area contributed by atoms with Gasteiger partial charge in [0.1, 0.15) is 5.82 Å². The fourth-order valence-corrected chi connectivity index (χ4v) is 3.97. The van der Waals surface area contributed by atoms with Crippen LogP contribution in [-0.2, 0) is 10.2 Å². The van der Waals surface area contributed by atoms with Crippen molar-refractivity contribution in [1.29, 1.82) is 0 Å². The number of halogens is 1. The Kier molecular flexibility index (Phi) is 3.65. The normalized spacial score (nSPS) is 25.8. The van der Waals surface area contributed by atoms with Gasteiger partial charge in [0.2, 0.25) is 0 Å². The third kappa shape index (κ3) is 2.51. The van der Waals surface area contributed by atoms with Crippen LogP contribution in [0.5, 0.6) is 0 Å². The van der Waals surface area contributed by atoms with Crippen molar-refractivity contribution in [2.45, 2.75) is 44.8 Å². The Balaban J connectivity index is 1.78. The van der Waals surface area contributed by atoms with E-state index in [1.165, 1.54) is 11.1 Å². The average Bonchev–Trinajstić information content (AvgIpc) is 3.03. The minimum absolute atomic E-state index is 0.0355. The van der Waals surface area contributed by atoms with Crippen LogP contribution in [-0.4, -0.2) is 6.61 Å². The van der Waals surface area contributed by atoms with Crippen LogP contribution in [0.1, 0.15) is 56.0 Å². The van der Waals surface area contributed by atoms with Crippen LogP contribution in [0.15, 0.2) is 42.5 Å². The van der Waals surface area contributed by atoms with Crippen LogP contribution in [0.4, 0.5) is 10.1 Å². The van der Waals surface area contributed by atoms with Crippen molar-refractivity contribution in [1.82, 2.24) is 0 Å². The van der Waals surface area contributed by atoms with E-state index < -0.39 is 0 Å². The Morgan fingerprint density at radius 2 is 1.88 bits per heavy atom. The molecular formula is C21H24FNO. The molecule has 1 saturated heterocycles. The number of hydrogen-bond acceptors (Lipinski definition) is 2. The molecule has 0 amide bonds. The summed E-state index contributed by atoms with van der Waals surface area (Å²) in [7, 11) is 0. The summed E-state index contributed by atoms with van der Waals surface area (Å²) in [6, 6.07) is 13.6. The molecule has 4 rings (SSSR count). The molecule has 0 radical (unpaired) electrons. The number of benzene rings is 2. The summed E-state index contributed by atoms with van der Waals surface area (Å²) in [6.07, 6.45) is 1.00. The lowest BCUT2D eigenvalue weighted by Crippen LogP contribution is -2.30. The highest BCUT2D eigenvalue weighted by molar-refractivity contribution is 5.59. The monoisotopic (exact) mass is 325 g/mol. The predicted octanol–water partition coefficient (Wildman–Crippen LogP) is 5.37. The fourth-order valence-electron chi connectivity index (χ4n) is 3.97. The van der Waals surface area contributed by atoms with Gasteiger partial charge < -0.3 is 10.1 Å². The molecule has 0 bridgehead atoms. The molecule has 0 saturated carbocycles. The van der Waals surface area contributed by atoms with Gasteiger partial charge in [0.25, 0.3) is 0 Å². The molecule has 1 fully saturated rings. The number of fused-ring (bicyclic) bond motifs is 3. The van der Waals surface area contributed by atoms with E-state index in [2.05, 4.69) is 44.3 Å². The molecule has 1 N–H and O–H groups in total. The molecule has 3 atom stereocenters. The first kappa shape index (κ1) is 15.6. The number of ether oxygens (including phenoxy) is 1. The summed E-state index contributed by atoms with van der Waals surface area (Å²) in [5, 5.41) is 3.58. The summed E-state index contributed by atoms with van der Waals surface area (Å²) in [6.45, 7) is 7.40. The molecule has 24 heavy (non-hydrogen) atoms. The van der Waals surface area contributed by atoms with E-state index in [1.807, 2.05) is 12.1 Å². The van der Waals surface area contributed by atoms with E-state index in [0.717, 1.165) is 24.3 Å². The first-order valence-electron chi connectivity index (χ1n) is 8.72. The molecular weight excluding hydrogens is 301 g/mol. The second-order valence-corrected chi connectivity index (χ2v) is 7.94. The maximum atomic E-state index is 14.3. The molecule has 0 spiro atoms. The largest absolute Gasteiger partial charge is 0.377 e. The summed E-state index contributed by atoms with van der Waals surface area (Å²) < 4.78 is 20.4. The van der Waals surface area contributed by atoms with Gasteiger partial charge in [-0.1, -0.05) is 51.1 Å². The second kappa shape index (κ2) is 5.59. The highest BCUT2D eigenvalue weighted by Gasteiger charge is 2.42. The van der Waals surface area contributed by atoms with Crippen LogP contribution in [0.25, 0.3) is 0 Å². The van der Waals surface area contributed by atoms with E-state index in [9.17, 15) is 4.39 Å². The zero-order valence-corrected chi connectivity index (χ0v) is 14.5. The quantitative estimate of drug-likeness (QED) is 0.761. The van der Waals surface area contributed by atoms with Gasteiger partial charge in [-0.2, -0.15) is 0 Å². The maximum Gasteiger partial charge on any atom is 0.128 e. The summed E-state index contributed by atoms with van der Waals surface area (Å²) in [5.74, 6) is 0.125. The summed E-state index contributed by atoms with van der Waals surface area (Å²) in [4.78, 5) is 0. The third-order valence-corrected chi connectivity index (χ3v) is 5.34. The molecule has 2 aromatic rings. The molecule has 2 nitrogen and oxygen atoms in total. The van der Waals surface area contributed by atoms with Gasteiger partial charge >= 0.3 is 0 Å². The van der Waals surface area contributed by atoms with E-state index >= 15 is 0 Å². The number of rotatable bonds is 1. The van der Waals surface area contributed by atoms with Crippen molar-refractivity contribution in [3.63, 3.8) is 0 Å². The first-order chi connectivity index (χ1) is 11.4. The van der Waals surface area contributed by atoms with E-state index in [4.69, 9.17) is 4.74 Å². The lowest BCUT2D eigenvalue weighted by molar-refractivity contribution is 0.0825. The van der Waals surface area contributed by atoms with Gasteiger partial charge in [-0.15, -0.1) is 0 Å². The molecule has 2 heterocycles. The van der Waals surface area contributed by atoms with Crippen molar-refractivity contribution in [2.75, 3.05) is 11.9 Å². The van der Waals surface area contributed by atoms with Gasteiger partial charge in [0.15, 0.2) is 0 Å². The zero-order valence-electron chi connectivity index (χ0n) is 14.5. The molecule has 2 aliphatic rings. The Morgan fingerprint density at radius 1 is 1.08 bits per heavy atom. The Hall–Kier alpha value is -1.87. The second-order valence-electron chi connectivity index (χ2n) is 7.94. The van der Waals surface area contributed by atoms with E-state index in [1.54, 1.807) is 12.1 Å². The van der Waals surface area contributed by atoms with Gasteiger partial charge in [-0.05, 0) is 29.5 Å². The lowest BCUT2D eigenvalue weighted by atomic mass is 9.78. The van der Waals surface area contributed by atoms with E-state index in [0.29, 0.717) is 0 Å². The van der Waals surface area contributed by atoms with Crippen LogP contribution in [0.3, 0.4) is 0 Å². The minimum atomic E-state index is -0.143. The molecule has 2 aliphatic heterocycles.